The van der Waals surface area contributed by atoms with Gasteiger partial charge in [-0.15, -0.1) is 0 Å². The molecular weight excluding hydrogens is 438 g/mol. The van der Waals surface area contributed by atoms with Gasteiger partial charge in [-0.2, -0.15) is 0 Å². The van der Waals surface area contributed by atoms with Crippen molar-refractivity contribution in [3.05, 3.63) is 29.8 Å². The molecule has 2 saturated heterocycles. The molecule has 0 radical (unpaired) electrons. The monoisotopic (exact) mass is 466 g/mol. The first-order valence-corrected chi connectivity index (χ1v) is 11.2. The number of halogens is 2. The molecule has 2 amide bonds. The van der Waals surface area contributed by atoms with Gasteiger partial charge in [0.1, 0.15) is 29.5 Å². The average Bonchev–Trinajstić information content (AvgIpc) is 2.78. The third-order valence-electron chi connectivity index (χ3n) is 7.30. The molecule has 2 spiro atoms. The Balaban J connectivity index is 1.58. The second-order valence-corrected chi connectivity index (χ2v) is 9.07. The number of benzene rings is 1. The zero-order chi connectivity index (χ0) is 23.6. The smallest absolute Gasteiger partial charge is 0.416 e. The molecule has 2 heterocycles. The average molecular weight is 466 g/mol. The topological polar surface area (TPSA) is 85.4 Å². The fraction of sp³-hybridized carbons (Fsp3) is 0.609. The molecule has 1 aromatic carbocycles. The summed E-state index contributed by atoms with van der Waals surface area (Å²) in [5.41, 5.74) is -1.12. The van der Waals surface area contributed by atoms with E-state index in [1.54, 1.807) is 0 Å². The second kappa shape index (κ2) is 9.24. The van der Waals surface area contributed by atoms with Crippen LogP contribution >= 0.6 is 0 Å². The second-order valence-electron chi connectivity index (χ2n) is 9.07. The summed E-state index contributed by atoms with van der Waals surface area (Å²) in [4.78, 5) is 41.4. The van der Waals surface area contributed by atoms with E-state index < -0.39 is 29.2 Å². The van der Waals surface area contributed by atoms with Crippen LogP contribution in [0, 0.1) is 17.0 Å². The highest BCUT2D eigenvalue weighted by molar-refractivity contribution is 5.93. The summed E-state index contributed by atoms with van der Waals surface area (Å²) >= 11 is 0. The maximum Gasteiger partial charge on any atom is 0.416 e. The molecule has 0 aromatic heterocycles. The molecule has 3 fully saturated rings. The van der Waals surface area contributed by atoms with Crippen LogP contribution in [-0.4, -0.2) is 73.3 Å². The fourth-order valence-corrected chi connectivity index (χ4v) is 5.31. The molecule has 1 saturated carbocycles. The molecule has 33 heavy (non-hydrogen) atoms. The Kier molecular flexibility index (Phi) is 6.56. The van der Waals surface area contributed by atoms with Gasteiger partial charge in [-0.25, -0.2) is 13.6 Å². The van der Waals surface area contributed by atoms with Gasteiger partial charge in [-0.1, -0.05) is 0 Å². The minimum atomic E-state index is -1.18. The number of nitrogens with zero attached hydrogens (tertiary/aromatic N) is 2. The van der Waals surface area contributed by atoms with Crippen LogP contribution in [0.3, 0.4) is 0 Å². The minimum Gasteiger partial charge on any atom is -0.468 e. The van der Waals surface area contributed by atoms with Crippen molar-refractivity contribution in [2.75, 3.05) is 40.0 Å². The number of ether oxygens (including phenoxy) is 3. The Morgan fingerprint density at radius 2 is 1.64 bits per heavy atom. The van der Waals surface area contributed by atoms with E-state index in [-0.39, 0.29) is 36.7 Å². The van der Waals surface area contributed by atoms with Gasteiger partial charge in [0.2, 0.25) is 5.91 Å². The normalized spacial score (nSPS) is 21.8. The fourth-order valence-electron chi connectivity index (χ4n) is 5.31. The third kappa shape index (κ3) is 4.66. The van der Waals surface area contributed by atoms with Gasteiger partial charge >= 0.3 is 12.1 Å². The summed E-state index contributed by atoms with van der Waals surface area (Å²) in [7, 11) is 1.25. The Labute approximate surface area is 190 Å². The van der Waals surface area contributed by atoms with Crippen LogP contribution in [0.1, 0.15) is 38.5 Å². The summed E-state index contributed by atoms with van der Waals surface area (Å²) in [5, 5.41) is 0. The van der Waals surface area contributed by atoms with Crippen molar-refractivity contribution in [1.29, 1.82) is 0 Å². The molecule has 2 aliphatic heterocycles. The zero-order valence-corrected chi connectivity index (χ0v) is 18.6. The number of carbonyl (C=O) groups is 3. The van der Waals surface area contributed by atoms with Crippen molar-refractivity contribution in [1.82, 2.24) is 9.80 Å². The van der Waals surface area contributed by atoms with Crippen LogP contribution in [0.15, 0.2) is 18.2 Å². The summed E-state index contributed by atoms with van der Waals surface area (Å²) < 4.78 is 42.7. The van der Waals surface area contributed by atoms with Gasteiger partial charge < -0.3 is 19.1 Å². The number of piperazine rings is 1. The van der Waals surface area contributed by atoms with Crippen molar-refractivity contribution in [2.45, 2.75) is 44.1 Å². The van der Waals surface area contributed by atoms with Crippen molar-refractivity contribution in [2.24, 2.45) is 5.41 Å². The Morgan fingerprint density at radius 3 is 2.24 bits per heavy atom. The van der Waals surface area contributed by atoms with Gasteiger partial charge in [0, 0.05) is 44.5 Å². The lowest BCUT2D eigenvalue weighted by atomic mass is 9.62. The van der Waals surface area contributed by atoms with Gasteiger partial charge in [-0.05, 0) is 43.9 Å². The van der Waals surface area contributed by atoms with Crippen LogP contribution in [0.25, 0.3) is 0 Å². The molecule has 4 rings (SSSR count). The Morgan fingerprint density at radius 1 is 1.00 bits per heavy atom. The number of rotatable bonds is 3. The van der Waals surface area contributed by atoms with Crippen molar-refractivity contribution < 1.29 is 37.4 Å². The lowest BCUT2D eigenvalue weighted by molar-refractivity contribution is -0.161. The zero-order valence-electron chi connectivity index (χ0n) is 18.6. The highest BCUT2D eigenvalue weighted by atomic mass is 19.1. The highest BCUT2D eigenvalue weighted by Gasteiger charge is 2.56. The van der Waals surface area contributed by atoms with Crippen molar-refractivity contribution >= 4 is 18.0 Å². The Hall–Kier alpha value is -2.75. The summed E-state index contributed by atoms with van der Waals surface area (Å²) in [6.07, 6.45) is 3.24. The first-order chi connectivity index (χ1) is 15.8. The predicted octanol–water partition coefficient (Wildman–Crippen LogP) is 2.89. The van der Waals surface area contributed by atoms with E-state index in [0.29, 0.717) is 32.1 Å². The molecule has 0 N–H and O–H groups in total. The lowest BCUT2D eigenvalue weighted by Gasteiger charge is -2.54. The van der Waals surface area contributed by atoms with Crippen molar-refractivity contribution in [3.8, 4) is 5.75 Å². The third-order valence-corrected chi connectivity index (χ3v) is 7.30. The highest BCUT2D eigenvalue weighted by Crippen LogP contribution is 2.50. The van der Waals surface area contributed by atoms with Crippen LogP contribution in [0.5, 0.6) is 5.75 Å². The van der Waals surface area contributed by atoms with E-state index in [9.17, 15) is 23.2 Å². The van der Waals surface area contributed by atoms with Gasteiger partial charge in [-0.3, -0.25) is 14.5 Å². The van der Waals surface area contributed by atoms with E-state index >= 15 is 0 Å². The van der Waals surface area contributed by atoms with Crippen molar-refractivity contribution in [3.63, 3.8) is 0 Å². The first-order valence-electron chi connectivity index (χ1n) is 11.2. The van der Waals surface area contributed by atoms with Crippen LogP contribution in [0.2, 0.25) is 0 Å². The number of methoxy groups -OCH3 is 1. The molecule has 10 heteroatoms. The van der Waals surface area contributed by atoms with E-state index in [0.717, 1.165) is 37.8 Å². The quantitative estimate of drug-likeness (QED) is 0.637. The van der Waals surface area contributed by atoms with Crippen LogP contribution in [0.4, 0.5) is 13.6 Å². The summed E-state index contributed by atoms with van der Waals surface area (Å²) in [5.74, 6) is -2.88. The number of hydrogen-bond acceptors (Lipinski definition) is 6. The van der Waals surface area contributed by atoms with E-state index in [1.165, 1.54) is 16.9 Å². The molecule has 0 unspecified atom stereocenters. The predicted molar refractivity (Wildman–Crippen MR) is 111 cm³/mol. The van der Waals surface area contributed by atoms with Crippen LogP contribution in [-0.2, 0) is 19.1 Å². The molecule has 3 aliphatic rings. The maximum absolute atomic E-state index is 13.6. The van der Waals surface area contributed by atoms with E-state index in [4.69, 9.17) is 14.2 Å². The minimum absolute atomic E-state index is 0.0651. The van der Waals surface area contributed by atoms with Crippen LogP contribution < -0.4 is 4.74 Å². The molecule has 1 aliphatic carbocycles. The molecule has 8 nitrogen and oxygen atoms in total. The van der Waals surface area contributed by atoms with E-state index in [1.807, 2.05) is 0 Å². The van der Waals surface area contributed by atoms with Gasteiger partial charge in [0.15, 0.2) is 0 Å². The summed E-state index contributed by atoms with van der Waals surface area (Å²) in [6, 6.07) is 2.52. The molecular formula is C23H28F2N2O6. The molecule has 0 bridgehead atoms. The summed E-state index contributed by atoms with van der Waals surface area (Å²) in [6.45, 7) is 1.41. The number of esters is 1. The Bertz CT molecular complexity index is 903. The van der Waals surface area contributed by atoms with E-state index in [2.05, 4.69) is 0 Å². The standard InChI is InChI=1S/C23H28F2N2O6/c1-31-19(28)15-26-8-9-27(21(30)33-18-13-16(24)12-17(25)14-18)23(20(26)29)4-2-22(3-5-23)6-10-32-11-7-22/h12-14H,2-11,15H2,1H3. The molecule has 0 atom stereocenters. The SMILES string of the molecule is COC(=O)CN1CCN(C(=O)Oc2cc(F)cc(F)c2)C2(CCC3(CCOCC3)CC2)C1=O. The number of carbonyl (C=O) groups excluding carboxylic acids is 3. The van der Waals surface area contributed by atoms with Gasteiger partial charge in [0.05, 0.1) is 7.11 Å². The molecule has 1 aromatic rings. The number of amides is 2. The molecule has 180 valence electrons. The number of hydrogen-bond donors (Lipinski definition) is 0. The van der Waals surface area contributed by atoms with Gasteiger partial charge in [0.25, 0.3) is 0 Å². The first kappa shape index (κ1) is 23.4. The largest absolute Gasteiger partial charge is 0.468 e. The maximum atomic E-state index is 13.6. The lowest BCUT2D eigenvalue weighted by Crippen LogP contribution is -2.69.